The Morgan fingerprint density at radius 2 is 1.67 bits per heavy atom. The van der Waals surface area contributed by atoms with Gasteiger partial charge in [-0.15, -0.1) is 0 Å². The molecule has 0 spiro atoms. The molecule has 4 heteroatoms. The van der Waals surface area contributed by atoms with Gasteiger partial charge >= 0.3 is 0 Å². The Labute approximate surface area is 130 Å². The summed E-state index contributed by atoms with van der Waals surface area (Å²) < 4.78 is 0. The maximum atomic E-state index is 9.90. The van der Waals surface area contributed by atoms with Crippen LogP contribution >= 0.6 is 11.6 Å². The van der Waals surface area contributed by atoms with E-state index in [0.717, 1.165) is 38.3 Å². The monoisotopic (exact) mass is 302 g/mol. The molecule has 1 N–H and O–H groups in total. The van der Waals surface area contributed by atoms with Crippen molar-refractivity contribution in [3.05, 3.63) is 59.1 Å². The number of nitrogens with zero attached hydrogens (tertiary/aromatic N) is 2. The van der Waals surface area contributed by atoms with Crippen LogP contribution in [-0.2, 0) is 6.54 Å². The predicted molar refractivity (Wildman–Crippen MR) is 87.0 cm³/mol. The Bertz CT molecular complexity index is 595. The maximum Gasteiger partial charge on any atom is 0.120 e. The van der Waals surface area contributed by atoms with Crippen molar-refractivity contribution >= 4 is 17.3 Å². The second-order valence-electron chi connectivity index (χ2n) is 5.37. The second-order valence-corrected chi connectivity index (χ2v) is 5.81. The lowest BCUT2D eigenvalue weighted by molar-refractivity contribution is 0.247. The maximum absolute atomic E-state index is 9.90. The lowest BCUT2D eigenvalue weighted by Crippen LogP contribution is -2.45. The summed E-state index contributed by atoms with van der Waals surface area (Å²) in [5, 5.41) is 10.6. The number of halogens is 1. The molecule has 0 amide bonds. The first kappa shape index (κ1) is 14.2. The lowest BCUT2D eigenvalue weighted by Gasteiger charge is -2.36. The molecule has 1 aliphatic heterocycles. The van der Waals surface area contributed by atoms with Gasteiger partial charge in [0.05, 0.1) is 0 Å². The summed E-state index contributed by atoms with van der Waals surface area (Å²) in [6.07, 6.45) is 0. The van der Waals surface area contributed by atoms with E-state index in [1.54, 1.807) is 12.1 Å². The molecule has 1 fully saturated rings. The number of hydrogen-bond donors (Lipinski definition) is 1. The average Bonchev–Trinajstić information content (AvgIpc) is 2.53. The van der Waals surface area contributed by atoms with E-state index in [9.17, 15) is 5.11 Å². The Morgan fingerprint density at radius 3 is 2.38 bits per heavy atom. The van der Waals surface area contributed by atoms with Crippen LogP contribution in [0.5, 0.6) is 5.75 Å². The minimum Gasteiger partial charge on any atom is -0.508 e. The highest BCUT2D eigenvalue weighted by Gasteiger charge is 2.18. The molecular weight excluding hydrogens is 284 g/mol. The van der Waals surface area contributed by atoms with E-state index in [4.69, 9.17) is 11.6 Å². The molecule has 0 bridgehead atoms. The molecule has 0 aromatic heterocycles. The number of anilines is 1. The van der Waals surface area contributed by atoms with Crippen LogP contribution in [0.4, 0.5) is 5.69 Å². The smallest absolute Gasteiger partial charge is 0.120 e. The van der Waals surface area contributed by atoms with Crippen molar-refractivity contribution in [2.45, 2.75) is 6.54 Å². The van der Waals surface area contributed by atoms with Crippen LogP contribution in [0.15, 0.2) is 48.5 Å². The van der Waals surface area contributed by atoms with Gasteiger partial charge in [-0.25, -0.2) is 0 Å². The van der Waals surface area contributed by atoms with Crippen molar-refractivity contribution in [1.29, 1.82) is 0 Å². The van der Waals surface area contributed by atoms with Gasteiger partial charge in [-0.2, -0.15) is 0 Å². The van der Waals surface area contributed by atoms with Crippen molar-refractivity contribution < 1.29 is 5.11 Å². The minimum absolute atomic E-state index is 0.324. The van der Waals surface area contributed by atoms with Crippen LogP contribution in [0.3, 0.4) is 0 Å². The summed E-state index contributed by atoms with van der Waals surface area (Å²) in [6, 6.07) is 15.7. The standard InChI is InChI=1S/C17H19ClN2O/c18-15-6-7-17(21)14(12-15)13-19-8-10-20(11-9-19)16-4-2-1-3-5-16/h1-7,12,21H,8-11,13H2. The summed E-state index contributed by atoms with van der Waals surface area (Å²) in [5.74, 6) is 0.324. The highest BCUT2D eigenvalue weighted by Crippen LogP contribution is 2.24. The number of rotatable bonds is 3. The van der Waals surface area contributed by atoms with Gasteiger partial charge in [-0.05, 0) is 30.3 Å². The Hall–Kier alpha value is -1.71. The molecule has 2 aromatic carbocycles. The summed E-state index contributed by atoms with van der Waals surface area (Å²) in [4.78, 5) is 4.75. The van der Waals surface area contributed by atoms with E-state index >= 15 is 0 Å². The van der Waals surface area contributed by atoms with Crippen LogP contribution in [0.25, 0.3) is 0 Å². The van der Waals surface area contributed by atoms with Crippen molar-refractivity contribution in [1.82, 2.24) is 4.90 Å². The van der Waals surface area contributed by atoms with Crippen LogP contribution in [-0.4, -0.2) is 36.2 Å². The molecule has 3 nitrogen and oxygen atoms in total. The van der Waals surface area contributed by atoms with E-state index in [-0.39, 0.29) is 0 Å². The minimum atomic E-state index is 0.324. The normalized spacial score (nSPS) is 16.1. The quantitative estimate of drug-likeness (QED) is 0.942. The Balaban J connectivity index is 1.60. The largest absolute Gasteiger partial charge is 0.508 e. The van der Waals surface area contributed by atoms with Gasteiger partial charge in [0.25, 0.3) is 0 Å². The highest BCUT2D eigenvalue weighted by molar-refractivity contribution is 6.30. The van der Waals surface area contributed by atoms with Crippen LogP contribution in [0.1, 0.15) is 5.56 Å². The molecule has 0 radical (unpaired) electrons. The van der Waals surface area contributed by atoms with Gasteiger partial charge in [0.2, 0.25) is 0 Å². The third-order valence-corrected chi connectivity index (χ3v) is 4.16. The lowest BCUT2D eigenvalue weighted by atomic mass is 10.1. The van der Waals surface area contributed by atoms with Crippen molar-refractivity contribution in [3.8, 4) is 5.75 Å². The average molecular weight is 303 g/mol. The number of para-hydroxylation sites is 1. The Morgan fingerprint density at radius 1 is 0.952 bits per heavy atom. The summed E-state index contributed by atoms with van der Waals surface area (Å²) in [5.41, 5.74) is 2.18. The predicted octanol–water partition coefficient (Wildman–Crippen LogP) is 3.37. The third-order valence-electron chi connectivity index (χ3n) is 3.93. The summed E-state index contributed by atoms with van der Waals surface area (Å²) >= 11 is 6.00. The number of hydrogen-bond acceptors (Lipinski definition) is 3. The van der Waals surface area contributed by atoms with Crippen LogP contribution < -0.4 is 4.90 Å². The molecular formula is C17H19ClN2O. The van der Waals surface area contributed by atoms with Crippen molar-refractivity contribution in [2.24, 2.45) is 0 Å². The molecule has 0 atom stereocenters. The van der Waals surface area contributed by atoms with Crippen LogP contribution in [0, 0.1) is 0 Å². The van der Waals surface area contributed by atoms with E-state index in [1.807, 2.05) is 12.1 Å². The molecule has 0 aliphatic carbocycles. The highest BCUT2D eigenvalue weighted by atomic mass is 35.5. The second kappa shape index (κ2) is 6.37. The van der Waals surface area contributed by atoms with Gasteiger partial charge < -0.3 is 10.0 Å². The molecule has 2 aromatic rings. The number of phenols is 1. The topological polar surface area (TPSA) is 26.7 Å². The first-order chi connectivity index (χ1) is 10.2. The van der Waals surface area contributed by atoms with Gasteiger partial charge in [0.1, 0.15) is 5.75 Å². The molecule has 1 heterocycles. The van der Waals surface area contributed by atoms with Gasteiger partial charge in [-0.3, -0.25) is 4.90 Å². The van der Waals surface area contributed by atoms with Gasteiger partial charge in [-0.1, -0.05) is 29.8 Å². The van der Waals surface area contributed by atoms with E-state index in [2.05, 4.69) is 34.1 Å². The fourth-order valence-corrected chi connectivity index (χ4v) is 2.92. The number of phenolic OH excluding ortho intramolecular Hbond substituents is 1. The molecule has 1 aliphatic rings. The molecule has 110 valence electrons. The van der Waals surface area contributed by atoms with E-state index < -0.39 is 0 Å². The van der Waals surface area contributed by atoms with E-state index in [1.165, 1.54) is 5.69 Å². The molecule has 0 unspecified atom stereocenters. The SMILES string of the molecule is Oc1ccc(Cl)cc1CN1CCN(c2ccccc2)CC1. The zero-order valence-electron chi connectivity index (χ0n) is 11.9. The molecule has 3 rings (SSSR count). The first-order valence-electron chi connectivity index (χ1n) is 7.22. The van der Waals surface area contributed by atoms with Crippen LogP contribution in [0.2, 0.25) is 5.02 Å². The first-order valence-corrected chi connectivity index (χ1v) is 7.60. The number of benzene rings is 2. The third kappa shape index (κ3) is 3.49. The molecule has 1 saturated heterocycles. The fourth-order valence-electron chi connectivity index (χ4n) is 2.72. The fraction of sp³-hybridized carbons (Fsp3) is 0.294. The van der Waals surface area contributed by atoms with Crippen molar-refractivity contribution in [2.75, 3.05) is 31.1 Å². The van der Waals surface area contributed by atoms with E-state index in [0.29, 0.717) is 10.8 Å². The molecule has 21 heavy (non-hydrogen) atoms. The zero-order chi connectivity index (χ0) is 14.7. The van der Waals surface area contributed by atoms with Crippen molar-refractivity contribution in [3.63, 3.8) is 0 Å². The summed E-state index contributed by atoms with van der Waals surface area (Å²) in [7, 11) is 0. The number of aromatic hydroxyl groups is 1. The van der Waals surface area contributed by atoms with Gasteiger partial charge in [0.15, 0.2) is 0 Å². The zero-order valence-corrected chi connectivity index (χ0v) is 12.6. The number of piperazine rings is 1. The van der Waals surface area contributed by atoms with Gasteiger partial charge in [0, 0.05) is 49.0 Å². The summed E-state index contributed by atoms with van der Waals surface area (Å²) in [6.45, 7) is 4.73. The Kier molecular flexibility index (Phi) is 4.32. The molecule has 0 saturated carbocycles.